The molecule has 4 heteroatoms. The number of nitrogens with zero attached hydrogens (tertiary/aromatic N) is 1. The summed E-state index contributed by atoms with van der Waals surface area (Å²) in [5.41, 5.74) is 5.44. The van der Waals surface area contributed by atoms with Crippen LogP contribution in [0.3, 0.4) is 0 Å². The Labute approximate surface area is 86.4 Å². The van der Waals surface area contributed by atoms with Crippen molar-refractivity contribution in [3.8, 4) is 0 Å². The summed E-state index contributed by atoms with van der Waals surface area (Å²) in [7, 11) is 0. The molecule has 1 unspecified atom stereocenters. The molecule has 0 heterocycles. The molecular formula is C10H22N2O2. The average molecular weight is 202 g/mol. The Bertz CT molecular complexity index is 162. The smallest absolute Gasteiger partial charge is 0.226 e. The van der Waals surface area contributed by atoms with Gasteiger partial charge in [-0.25, -0.2) is 0 Å². The van der Waals surface area contributed by atoms with Gasteiger partial charge < -0.3 is 15.4 Å². The van der Waals surface area contributed by atoms with Crippen LogP contribution in [0.2, 0.25) is 0 Å². The number of carbonyl (C=O) groups is 1. The predicted molar refractivity (Wildman–Crippen MR) is 57.0 cm³/mol. The monoisotopic (exact) mass is 202 g/mol. The number of amides is 1. The fourth-order valence-corrected chi connectivity index (χ4v) is 1.16. The standard InChI is InChI=1S/C10H22N2O2/c1-4-12(6-7-14-5-2)10(13)9(3)8-11/h9H,4-8,11H2,1-3H3. The number of nitrogens with two attached hydrogens (primary N) is 1. The molecule has 1 atom stereocenters. The quantitative estimate of drug-likeness (QED) is 0.610. The lowest BCUT2D eigenvalue weighted by Gasteiger charge is -2.23. The van der Waals surface area contributed by atoms with E-state index in [2.05, 4.69) is 0 Å². The van der Waals surface area contributed by atoms with Gasteiger partial charge in [0.2, 0.25) is 5.91 Å². The van der Waals surface area contributed by atoms with Gasteiger partial charge in [-0.1, -0.05) is 6.92 Å². The summed E-state index contributed by atoms with van der Waals surface area (Å²) >= 11 is 0. The molecule has 4 nitrogen and oxygen atoms in total. The SMILES string of the molecule is CCOCCN(CC)C(=O)C(C)CN. The van der Waals surface area contributed by atoms with Crippen molar-refractivity contribution in [2.75, 3.05) is 32.8 Å². The Hall–Kier alpha value is -0.610. The summed E-state index contributed by atoms with van der Waals surface area (Å²) < 4.78 is 5.20. The minimum absolute atomic E-state index is 0.0865. The van der Waals surface area contributed by atoms with Gasteiger partial charge in [0.15, 0.2) is 0 Å². The molecule has 0 bridgehead atoms. The third-order valence-electron chi connectivity index (χ3n) is 2.18. The molecule has 0 radical (unpaired) electrons. The Morgan fingerprint density at radius 1 is 1.50 bits per heavy atom. The van der Waals surface area contributed by atoms with Gasteiger partial charge >= 0.3 is 0 Å². The highest BCUT2D eigenvalue weighted by molar-refractivity contribution is 5.78. The fourth-order valence-electron chi connectivity index (χ4n) is 1.16. The van der Waals surface area contributed by atoms with Crippen LogP contribution in [-0.2, 0) is 9.53 Å². The average Bonchev–Trinajstić information content (AvgIpc) is 2.22. The van der Waals surface area contributed by atoms with Crippen LogP contribution in [0.15, 0.2) is 0 Å². The second kappa shape index (κ2) is 7.76. The van der Waals surface area contributed by atoms with Crippen molar-refractivity contribution < 1.29 is 9.53 Å². The lowest BCUT2D eigenvalue weighted by atomic mass is 10.1. The van der Waals surface area contributed by atoms with Gasteiger partial charge in [0.25, 0.3) is 0 Å². The molecule has 0 aliphatic carbocycles. The van der Waals surface area contributed by atoms with E-state index in [0.717, 1.165) is 6.54 Å². The summed E-state index contributed by atoms with van der Waals surface area (Å²) in [5.74, 6) is 0.0336. The highest BCUT2D eigenvalue weighted by Crippen LogP contribution is 2.00. The van der Waals surface area contributed by atoms with E-state index in [1.165, 1.54) is 0 Å². The molecule has 0 fully saturated rings. The fraction of sp³-hybridized carbons (Fsp3) is 0.900. The zero-order chi connectivity index (χ0) is 11.0. The molecule has 1 amide bonds. The first-order valence-electron chi connectivity index (χ1n) is 5.23. The van der Waals surface area contributed by atoms with Crippen LogP contribution < -0.4 is 5.73 Å². The molecule has 0 rings (SSSR count). The number of likely N-dealkylation sites (N-methyl/N-ethyl adjacent to an activating group) is 1. The maximum atomic E-state index is 11.7. The van der Waals surface area contributed by atoms with E-state index >= 15 is 0 Å². The first-order valence-corrected chi connectivity index (χ1v) is 5.23. The molecule has 84 valence electrons. The van der Waals surface area contributed by atoms with Crippen molar-refractivity contribution in [3.63, 3.8) is 0 Å². The van der Waals surface area contributed by atoms with E-state index in [4.69, 9.17) is 10.5 Å². The first kappa shape index (κ1) is 13.4. The topological polar surface area (TPSA) is 55.6 Å². The lowest BCUT2D eigenvalue weighted by Crippen LogP contribution is -2.39. The van der Waals surface area contributed by atoms with Gasteiger partial charge in [-0.15, -0.1) is 0 Å². The van der Waals surface area contributed by atoms with E-state index in [-0.39, 0.29) is 11.8 Å². The lowest BCUT2D eigenvalue weighted by molar-refractivity contribution is -0.135. The van der Waals surface area contributed by atoms with Crippen molar-refractivity contribution in [2.24, 2.45) is 11.7 Å². The van der Waals surface area contributed by atoms with Gasteiger partial charge in [-0.05, 0) is 13.8 Å². The van der Waals surface area contributed by atoms with E-state index in [0.29, 0.717) is 26.3 Å². The number of hydrogen-bond acceptors (Lipinski definition) is 3. The van der Waals surface area contributed by atoms with Crippen LogP contribution in [0.4, 0.5) is 0 Å². The van der Waals surface area contributed by atoms with E-state index in [1.807, 2.05) is 20.8 Å². The van der Waals surface area contributed by atoms with Crippen LogP contribution in [-0.4, -0.2) is 43.7 Å². The van der Waals surface area contributed by atoms with Crippen LogP contribution >= 0.6 is 0 Å². The zero-order valence-electron chi connectivity index (χ0n) is 9.45. The molecule has 0 saturated carbocycles. The van der Waals surface area contributed by atoms with Crippen LogP contribution in [0, 0.1) is 5.92 Å². The summed E-state index contributed by atoms with van der Waals surface area (Å²) in [6.07, 6.45) is 0. The summed E-state index contributed by atoms with van der Waals surface area (Å²) in [4.78, 5) is 13.5. The minimum Gasteiger partial charge on any atom is -0.380 e. The number of rotatable bonds is 7. The van der Waals surface area contributed by atoms with Crippen LogP contribution in [0.1, 0.15) is 20.8 Å². The third kappa shape index (κ3) is 4.58. The molecular weight excluding hydrogens is 180 g/mol. The van der Waals surface area contributed by atoms with Gasteiger partial charge in [0.05, 0.1) is 6.61 Å². The molecule has 2 N–H and O–H groups in total. The molecule has 0 aliphatic rings. The summed E-state index contributed by atoms with van der Waals surface area (Å²) in [5, 5.41) is 0. The Balaban J connectivity index is 3.92. The predicted octanol–water partition coefficient (Wildman–Crippen LogP) is 0.466. The highest BCUT2D eigenvalue weighted by atomic mass is 16.5. The Morgan fingerprint density at radius 3 is 2.57 bits per heavy atom. The molecule has 0 aromatic rings. The molecule has 0 saturated heterocycles. The number of ether oxygens (including phenoxy) is 1. The van der Waals surface area contributed by atoms with Crippen molar-refractivity contribution in [1.82, 2.24) is 4.90 Å². The van der Waals surface area contributed by atoms with Crippen LogP contribution in [0.5, 0.6) is 0 Å². The van der Waals surface area contributed by atoms with E-state index in [9.17, 15) is 4.79 Å². The van der Waals surface area contributed by atoms with Gasteiger partial charge in [0, 0.05) is 32.2 Å². The Kier molecular flexibility index (Phi) is 7.42. The molecule has 0 spiro atoms. The summed E-state index contributed by atoms with van der Waals surface area (Å²) in [6, 6.07) is 0. The number of carbonyl (C=O) groups excluding carboxylic acids is 1. The third-order valence-corrected chi connectivity index (χ3v) is 2.18. The maximum Gasteiger partial charge on any atom is 0.226 e. The van der Waals surface area contributed by atoms with Crippen molar-refractivity contribution in [2.45, 2.75) is 20.8 Å². The zero-order valence-corrected chi connectivity index (χ0v) is 9.45. The van der Waals surface area contributed by atoms with Gasteiger partial charge in [0.1, 0.15) is 0 Å². The van der Waals surface area contributed by atoms with Crippen molar-refractivity contribution in [3.05, 3.63) is 0 Å². The summed E-state index contributed by atoms with van der Waals surface area (Å²) in [6.45, 7) is 8.85. The van der Waals surface area contributed by atoms with Crippen molar-refractivity contribution in [1.29, 1.82) is 0 Å². The minimum atomic E-state index is -0.0865. The van der Waals surface area contributed by atoms with Crippen molar-refractivity contribution >= 4 is 5.91 Å². The largest absolute Gasteiger partial charge is 0.380 e. The molecule has 14 heavy (non-hydrogen) atoms. The normalized spacial score (nSPS) is 12.6. The van der Waals surface area contributed by atoms with E-state index < -0.39 is 0 Å². The maximum absolute atomic E-state index is 11.7. The van der Waals surface area contributed by atoms with Gasteiger partial charge in [-0.3, -0.25) is 4.79 Å². The van der Waals surface area contributed by atoms with E-state index in [1.54, 1.807) is 4.90 Å². The number of hydrogen-bond donors (Lipinski definition) is 1. The van der Waals surface area contributed by atoms with Gasteiger partial charge in [-0.2, -0.15) is 0 Å². The Morgan fingerprint density at radius 2 is 2.14 bits per heavy atom. The highest BCUT2D eigenvalue weighted by Gasteiger charge is 2.17. The second-order valence-electron chi connectivity index (χ2n) is 3.25. The van der Waals surface area contributed by atoms with Crippen LogP contribution in [0.25, 0.3) is 0 Å². The molecule has 0 aromatic carbocycles. The molecule has 0 aromatic heterocycles. The second-order valence-corrected chi connectivity index (χ2v) is 3.25. The molecule has 0 aliphatic heterocycles. The first-order chi connectivity index (χ1) is 6.67.